The molecule has 1 aliphatic rings. The van der Waals surface area contributed by atoms with Crippen LogP contribution in [0.4, 0.5) is 0 Å². The highest BCUT2D eigenvalue weighted by Crippen LogP contribution is 2.18. The summed E-state index contributed by atoms with van der Waals surface area (Å²) in [5, 5.41) is 0. The Morgan fingerprint density at radius 2 is 2.04 bits per heavy atom. The normalized spacial score (nSPS) is 15.3. The smallest absolute Gasteiger partial charge is 0.263 e. The van der Waals surface area contributed by atoms with Crippen LogP contribution < -0.4 is 10.3 Å². The molecule has 126 valence electrons. The Kier molecular flexibility index (Phi) is 4.59. The van der Waals surface area contributed by atoms with Crippen molar-refractivity contribution >= 4 is 5.91 Å². The first-order valence-corrected chi connectivity index (χ1v) is 7.96. The molecule has 0 aliphatic carbocycles. The summed E-state index contributed by atoms with van der Waals surface area (Å²) in [4.78, 5) is 34.6. The molecule has 3 rings (SSSR count). The van der Waals surface area contributed by atoms with E-state index in [1.807, 2.05) is 6.92 Å². The standard InChI is InChI=1S/C17H20N4O3/c1-12-18-8-5-15(19-12)24-13-6-10-21(11-7-13)17(23)14-4-3-9-20(2)16(14)22/h3-5,8-9,13H,6-7,10-11H2,1-2H3. The van der Waals surface area contributed by atoms with Crippen LogP contribution in [0.25, 0.3) is 0 Å². The number of hydrogen-bond acceptors (Lipinski definition) is 5. The van der Waals surface area contributed by atoms with Gasteiger partial charge in [0, 0.05) is 51.4 Å². The van der Waals surface area contributed by atoms with Crippen molar-refractivity contribution in [1.29, 1.82) is 0 Å². The summed E-state index contributed by atoms with van der Waals surface area (Å²) < 4.78 is 7.28. The summed E-state index contributed by atoms with van der Waals surface area (Å²) in [6.45, 7) is 2.94. The van der Waals surface area contributed by atoms with Gasteiger partial charge in [-0.25, -0.2) is 4.98 Å². The lowest BCUT2D eigenvalue weighted by molar-refractivity contribution is 0.0585. The van der Waals surface area contributed by atoms with Gasteiger partial charge in [-0.15, -0.1) is 0 Å². The van der Waals surface area contributed by atoms with E-state index in [9.17, 15) is 9.59 Å². The van der Waals surface area contributed by atoms with Crippen molar-refractivity contribution in [2.24, 2.45) is 7.05 Å². The van der Waals surface area contributed by atoms with Crippen LogP contribution in [-0.4, -0.2) is 44.5 Å². The van der Waals surface area contributed by atoms with E-state index in [4.69, 9.17) is 4.74 Å². The van der Waals surface area contributed by atoms with Gasteiger partial charge in [-0.3, -0.25) is 9.59 Å². The summed E-state index contributed by atoms with van der Waals surface area (Å²) in [5.74, 6) is 1.01. The van der Waals surface area contributed by atoms with Gasteiger partial charge in [-0.1, -0.05) is 0 Å². The molecule has 0 N–H and O–H groups in total. The first-order valence-electron chi connectivity index (χ1n) is 7.96. The summed E-state index contributed by atoms with van der Waals surface area (Å²) in [5.41, 5.74) is -0.0527. The van der Waals surface area contributed by atoms with Crippen molar-refractivity contribution in [3.05, 3.63) is 52.3 Å². The molecule has 0 aromatic carbocycles. The summed E-state index contributed by atoms with van der Waals surface area (Å²) in [6, 6.07) is 5.02. The Morgan fingerprint density at radius 1 is 1.29 bits per heavy atom. The highest BCUT2D eigenvalue weighted by molar-refractivity contribution is 5.93. The van der Waals surface area contributed by atoms with E-state index in [1.54, 1.807) is 42.5 Å². The second-order valence-corrected chi connectivity index (χ2v) is 5.89. The number of nitrogens with zero attached hydrogens (tertiary/aromatic N) is 4. The highest BCUT2D eigenvalue weighted by Gasteiger charge is 2.26. The number of carbonyl (C=O) groups excluding carboxylic acids is 1. The average molecular weight is 328 g/mol. The summed E-state index contributed by atoms with van der Waals surface area (Å²) in [6.07, 6.45) is 4.75. The predicted molar refractivity (Wildman–Crippen MR) is 88.0 cm³/mol. The van der Waals surface area contributed by atoms with Gasteiger partial charge in [0.15, 0.2) is 0 Å². The van der Waals surface area contributed by atoms with Crippen LogP contribution in [0, 0.1) is 6.92 Å². The fourth-order valence-electron chi connectivity index (χ4n) is 2.78. The average Bonchev–Trinajstić information content (AvgIpc) is 2.57. The molecule has 1 fully saturated rings. The maximum absolute atomic E-state index is 12.5. The maximum atomic E-state index is 12.5. The van der Waals surface area contributed by atoms with Crippen molar-refractivity contribution in [3.8, 4) is 5.88 Å². The predicted octanol–water partition coefficient (Wildman–Crippen LogP) is 1.17. The van der Waals surface area contributed by atoms with Crippen molar-refractivity contribution < 1.29 is 9.53 Å². The summed E-state index contributed by atoms with van der Waals surface area (Å²) >= 11 is 0. The van der Waals surface area contributed by atoms with Gasteiger partial charge in [0.05, 0.1) is 0 Å². The lowest BCUT2D eigenvalue weighted by Gasteiger charge is -2.31. The molecular formula is C17H20N4O3. The zero-order chi connectivity index (χ0) is 17.1. The number of hydrogen-bond donors (Lipinski definition) is 0. The Balaban J connectivity index is 1.61. The minimum absolute atomic E-state index is 0.0157. The van der Waals surface area contributed by atoms with Crippen LogP contribution in [0.3, 0.4) is 0 Å². The van der Waals surface area contributed by atoms with Crippen molar-refractivity contribution in [1.82, 2.24) is 19.4 Å². The third-order valence-corrected chi connectivity index (χ3v) is 4.12. The van der Waals surface area contributed by atoms with Gasteiger partial charge < -0.3 is 14.2 Å². The van der Waals surface area contributed by atoms with E-state index in [2.05, 4.69) is 9.97 Å². The Hall–Kier alpha value is -2.70. The van der Waals surface area contributed by atoms with E-state index in [1.165, 1.54) is 4.57 Å². The van der Waals surface area contributed by atoms with Crippen LogP contribution in [0.1, 0.15) is 29.0 Å². The number of aryl methyl sites for hydroxylation is 2. The third kappa shape index (κ3) is 3.45. The Bertz CT molecular complexity index is 794. The number of pyridine rings is 1. The monoisotopic (exact) mass is 328 g/mol. The molecule has 7 nitrogen and oxygen atoms in total. The van der Waals surface area contributed by atoms with E-state index >= 15 is 0 Å². The quantitative estimate of drug-likeness (QED) is 0.845. The number of rotatable bonds is 3. The largest absolute Gasteiger partial charge is 0.474 e. The highest BCUT2D eigenvalue weighted by atomic mass is 16.5. The van der Waals surface area contributed by atoms with Crippen LogP contribution in [0.2, 0.25) is 0 Å². The number of likely N-dealkylation sites (tertiary alicyclic amines) is 1. The van der Waals surface area contributed by atoms with Crippen LogP contribution >= 0.6 is 0 Å². The van der Waals surface area contributed by atoms with Crippen molar-refractivity contribution in [2.45, 2.75) is 25.9 Å². The fourth-order valence-corrected chi connectivity index (χ4v) is 2.78. The van der Waals surface area contributed by atoms with Gasteiger partial charge in [0.2, 0.25) is 5.88 Å². The molecule has 3 heterocycles. The SMILES string of the molecule is Cc1nccc(OC2CCN(C(=O)c3cccn(C)c3=O)CC2)n1. The fraction of sp³-hybridized carbons (Fsp3) is 0.412. The first-order chi connectivity index (χ1) is 11.5. The Morgan fingerprint density at radius 3 is 2.75 bits per heavy atom. The Labute approximate surface area is 139 Å². The van der Waals surface area contributed by atoms with Gasteiger partial charge in [0.1, 0.15) is 17.5 Å². The lowest BCUT2D eigenvalue weighted by Crippen LogP contribution is -2.43. The van der Waals surface area contributed by atoms with Crippen molar-refractivity contribution in [2.75, 3.05) is 13.1 Å². The molecule has 0 radical (unpaired) electrons. The third-order valence-electron chi connectivity index (χ3n) is 4.12. The lowest BCUT2D eigenvalue weighted by atomic mass is 10.1. The van der Waals surface area contributed by atoms with Crippen molar-refractivity contribution in [3.63, 3.8) is 0 Å². The van der Waals surface area contributed by atoms with Crippen LogP contribution in [0.15, 0.2) is 35.4 Å². The zero-order valence-electron chi connectivity index (χ0n) is 13.8. The molecule has 0 unspecified atom stereocenters. The van der Waals surface area contributed by atoms with Gasteiger partial charge >= 0.3 is 0 Å². The number of carbonyl (C=O) groups is 1. The molecule has 2 aromatic rings. The molecule has 7 heteroatoms. The summed E-state index contributed by atoms with van der Waals surface area (Å²) in [7, 11) is 1.64. The molecule has 24 heavy (non-hydrogen) atoms. The minimum Gasteiger partial charge on any atom is -0.474 e. The molecule has 0 atom stereocenters. The molecule has 1 aliphatic heterocycles. The number of piperidine rings is 1. The van der Waals surface area contributed by atoms with E-state index in [0.717, 1.165) is 0 Å². The van der Waals surface area contributed by atoms with E-state index in [0.29, 0.717) is 37.6 Å². The van der Waals surface area contributed by atoms with E-state index < -0.39 is 0 Å². The van der Waals surface area contributed by atoms with Crippen LogP contribution in [-0.2, 0) is 7.05 Å². The number of aromatic nitrogens is 3. The van der Waals surface area contributed by atoms with Gasteiger partial charge in [0.25, 0.3) is 11.5 Å². The molecule has 0 saturated carbocycles. The number of amides is 1. The molecule has 1 saturated heterocycles. The molecule has 0 bridgehead atoms. The molecule has 2 aromatic heterocycles. The maximum Gasteiger partial charge on any atom is 0.263 e. The van der Waals surface area contributed by atoms with E-state index in [-0.39, 0.29) is 23.1 Å². The number of ether oxygens (including phenoxy) is 1. The second kappa shape index (κ2) is 6.82. The minimum atomic E-state index is -0.266. The molecule has 1 amide bonds. The molecule has 0 spiro atoms. The van der Waals surface area contributed by atoms with Gasteiger partial charge in [-0.2, -0.15) is 4.98 Å². The van der Waals surface area contributed by atoms with Gasteiger partial charge in [-0.05, 0) is 19.1 Å². The zero-order valence-corrected chi connectivity index (χ0v) is 13.8. The molecular weight excluding hydrogens is 308 g/mol. The topological polar surface area (TPSA) is 77.3 Å². The second-order valence-electron chi connectivity index (χ2n) is 5.89. The van der Waals surface area contributed by atoms with Crippen LogP contribution in [0.5, 0.6) is 5.88 Å². The first kappa shape index (κ1) is 16.2.